The molecule has 0 aromatic heterocycles. The average Bonchev–Trinajstić information content (AvgIpc) is 2.35. The number of phenols is 1. The fraction of sp³-hybridized carbons (Fsp3) is 0.333. The van der Waals surface area contributed by atoms with Crippen molar-refractivity contribution in [1.82, 2.24) is 5.43 Å². The summed E-state index contributed by atoms with van der Waals surface area (Å²) in [6.07, 6.45) is 0.793. The van der Waals surface area contributed by atoms with Crippen LogP contribution in [0.5, 0.6) is 11.5 Å². The van der Waals surface area contributed by atoms with E-state index < -0.39 is 6.09 Å². The lowest BCUT2D eigenvalue weighted by Crippen LogP contribution is -2.18. The summed E-state index contributed by atoms with van der Waals surface area (Å²) < 4.78 is 10.5. The van der Waals surface area contributed by atoms with Gasteiger partial charge in [-0.05, 0) is 41.9 Å². The number of phenolic OH excluding ortho intramolecular Hbond substituents is 1. The zero-order valence-electron chi connectivity index (χ0n) is 10.6. The Morgan fingerprint density at radius 1 is 1.47 bits per heavy atom. The van der Waals surface area contributed by atoms with Gasteiger partial charge in [0, 0.05) is 10.0 Å². The van der Waals surface area contributed by atoms with Gasteiger partial charge in [0.25, 0.3) is 0 Å². The zero-order valence-corrected chi connectivity index (χ0v) is 12.2. The highest BCUT2D eigenvalue weighted by molar-refractivity contribution is 9.10. The van der Waals surface area contributed by atoms with Gasteiger partial charge in [0.1, 0.15) is 0 Å². The van der Waals surface area contributed by atoms with E-state index in [1.807, 2.05) is 6.92 Å². The number of hydrogen-bond acceptors (Lipinski definition) is 5. The molecule has 104 valence electrons. The zero-order chi connectivity index (χ0) is 14.3. The van der Waals surface area contributed by atoms with Crippen LogP contribution in [0.3, 0.4) is 0 Å². The summed E-state index contributed by atoms with van der Waals surface area (Å²) >= 11 is 3.28. The van der Waals surface area contributed by atoms with Crippen molar-refractivity contribution in [2.24, 2.45) is 5.10 Å². The second-order valence-electron chi connectivity index (χ2n) is 3.36. The first-order valence-electron chi connectivity index (χ1n) is 5.69. The standard InChI is InChI=1S/C12H15BrN2O4/c1-3-18-11-5-8(9(13)6-10(11)16)7-14-15-12(17)19-4-2/h5-7,16H,3-4H2,1-2H3,(H,15,17)/b14-7-. The summed E-state index contributed by atoms with van der Waals surface area (Å²) in [5.74, 6) is 0.382. The molecule has 6 nitrogen and oxygen atoms in total. The molecule has 1 aromatic rings. The molecular weight excluding hydrogens is 316 g/mol. The Kier molecular flexibility index (Phi) is 6.14. The van der Waals surface area contributed by atoms with Crippen LogP contribution in [0.15, 0.2) is 21.7 Å². The number of nitrogens with zero attached hydrogens (tertiary/aromatic N) is 1. The average molecular weight is 331 g/mol. The molecule has 0 aliphatic heterocycles. The van der Waals surface area contributed by atoms with Crippen LogP contribution < -0.4 is 10.2 Å². The third-order valence-electron chi connectivity index (χ3n) is 2.01. The predicted octanol–water partition coefficient (Wildman–Crippen LogP) is 2.63. The molecule has 7 heteroatoms. The van der Waals surface area contributed by atoms with Crippen LogP contribution in [0.1, 0.15) is 19.4 Å². The van der Waals surface area contributed by atoms with E-state index >= 15 is 0 Å². The summed E-state index contributed by atoms with van der Waals surface area (Å²) in [7, 11) is 0. The molecule has 0 heterocycles. The van der Waals surface area contributed by atoms with Gasteiger partial charge in [-0.25, -0.2) is 10.2 Å². The number of halogens is 1. The number of rotatable bonds is 5. The highest BCUT2D eigenvalue weighted by Gasteiger charge is 2.07. The largest absolute Gasteiger partial charge is 0.504 e. The summed E-state index contributed by atoms with van der Waals surface area (Å²) in [5.41, 5.74) is 2.86. The number of ether oxygens (including phenoxy) is 2. The van der Waals surface area contributed by atoms with Crippen molar-refractivity contribution in [1.29, 1.82) is 0 Å². The maximum absolute atomic E-state index is 11.0. The van der Waals surface area contributed by atoms with Crippen molar-refractivity contribution < 1.29 is 19.4 Å². The third-order valence-corrected chi connectivity index (χ3v) is 2.70. The number of aromatic hydroxyl groups is 1. The van der Waals surface area contributed by atoms with Gasteiger partial charge in [0.05, 0.1) is 19.4 Å². The van der Waals surface area contributed by atoms with E-state index in [0.717, 1.165) is 0 Å². The first-order chi connectivity index (χ1) is 9.08. The number of amides is 1. The molecule has 0 unspecified atom stereocenters. The molecular formula is C12H15BrN2O4. The van der Waals surface area contributed by atoms with E-state index in [9.17, 15) is 9.90 Å². The molecule has 1 amide bonds. The van der Waals surface area contributed by atoms with Crippen LogP contribution in [0.25, 0.3) is 0 Å². The first-order valence-corrected chi connectivity index (χ1v) is 6.48. The molecule has 0 aliphatic carbocycles. The molecule has 0 saturated heterocycles. The van der Waals surface area contributed by atoms with Crippen LogP contribution in [-0.2, 0) is 4.74 Å². The molecule has 1 rings (SSSR count). The van der Waals surface area contributed by atoms with Crippen molar-refractivity contribution in [2.75, 3.05) is 13.2 Å². The Bertz CT molecular complexity index is 477. The van der Waals surface area contributed by atoms with Crippen molar-refractivity contribution in [3.05, 3.63) is 22.2 Å². The number of nitrogens with one attached hydrogen (secondary N) is 1. The summed E-state index contributed by atoms with van der Waals surface area (Å²) in [6, 6.07) is 3.11. The summed E-state index contributed by atoms with van der Waals surface area (Å²) in [5, 5.41) is 13.4. The number of hydrogen-bond donors (Lipinski definition) is 2. The van der Waals surface area contributed by atoms with Gasteiger partial charge in [0.15, 0.2) is 11.5 Å². The lowest BCUT2D eigenvalue weighted by atomic mass is 10.2. The van der Waals surface area contributed by atoms with Gasteiger partial charge in [-0.1, -0.05) is 0 Å². The van der Waals surface area contributed by atoms with E-state index in [2.05, 4.69) is 31.2 Å². The van der Waals surface area contributed by atoms with E-state index in [1.54, 1.807) is 13.0 Å². The van der Waals surface area contributed by atoms with Crippen molar-refractivity contribution >= 4 is 28.2 Å². The van der Waals surface area contributed by atoms with Gasteiger partial charge in [-0.3, -0.25) is 0 Å². The van der Waals surface area contributed by atoms with Crippen LogP contribution in [0.2, 0.25) is 0 Å². The number of carbonyl (C=O) groups excluding carboxylic acids is 1. The number of benzene rings is 1. The minimum absolute atomic E-state index is 0.0317. The van der Waals surface area contributed by atoms with Gasteiger partial charge in [-0.15, -0.1) is 0 Å². The van der Waals surface area contributed by atoms with Gasteiger partial charge >= 0.3 is 6.09 Å². The molecule has 0 radical (unpaired) electrons. The molecule has 0 fully saturated rings. The second kappa shape index (κ2) is 7.63. The Labute approximate surface area is 119 Å². The SMILES string of the molecule is CCOC(=O)N/N=C\c1cc(OCC)c(O)cc1Br. The van der Waals surface area contributed by atoms with Crippen LogP contribution >= 0.6 is 15.9 Å². The highest BCUT2D eigenvalue weighted by Crippen LogP contribution is 2.31. The quantitative estimate of drug-likeness (QED) is 0.642. The first kappa shape index (κ1) is 15.3. The molecule has 0 bridgehead atoms. The minimum atomic E-state index is -0.626. The molecule has 2 N–H and O–H groups in total. The number of hydrazone groups is 1. The third kappa shape index (κ3) is 4.78. The van der Waals surface area contributed by atoms with Crippen molar-refractivity contribution in [3.63, 3.8) is 0 Å². The maximum Gasteiger partial charge on any atom is 0.427 e. The Morgan fingerprint density at radius 2 is 2.21 bits per heavy atom. The Hall–Kier alpha value is -1.76. The lowest BCUT2D eigenvalue weighted by molar-refractivity contribution is 0.152. The van der Waals surface area contributed by atoms with Gasteiger partial charge in [0.2, 0.25) is 0 Å². The van der Waals surface area contributed by atoms with Crippen molar-refractivity contribution in [3.8, 4) is 11.5 Å². The van der Waals surface area contributed by atoms with Crippen LogP contribution in [-0.4, -0.2) is 30.6 Å². The molecule has 0 aliphatic rings. The lowest BCUT2D eigenvalue weighted by Gasteiger charge is -2.08. The smallest absolute Gasteiger partial charge is 0.427 e. The highest BCUT2D eigenvalue weighted by atomic mass is 79.9. The summed E-state index contributed by atoms with van der Waals surface area (Å²) in [6.45, 7) is 4.23. The van der Waals surface area contributed by atoms with Gasteiger partial charge in [-0.2, -0.15) is 5.10 Å². The molecule has 0 atom stereocenters. The van der Waals surface area contributed by atoms with Gasteiger partial charge < -0.3 is 14.6 Å². The predicted molar refractivity (Wildman–Crippen MR) is 74.7 cm³/mol. The monoisotopic (exact) mass is 330 g/mol. The van der Waals surface area contributed by atoms with Crippen molar-refractivity contribution in [2.45, 2.75) is 13.8 Å². The topological polar surface area (TPSA) is 80.2 Å². The molecule has 19 heavy (non-hydrogen) atoms. The second-order valence-corrected chi connectivity index (χ2v) is 4.22. The molecule has 1 aromatic carbocycles. The Balaban J connectivity index is 2.79. The number of carbonyl (C=O) groups is 1. The Morgan fingerprint density at radius 3 is 2.84 bits per heavy atom. The van der Waals surface area contributed by atoms with E-state index in [4.69, 9.17) is 4.74 Å². The molecule has 0 spiro atoms. The van der Waals surface area contributed by atoms with Crippen LogP contribution in [0, 0.1) is 0 Å². The van der Waals surface area contributed by atoms with E-state index in [1.165, 1.54) is 12.3 Å². The fourth-order valence-corrected chi connectivity index (χ4v) is 1.68. The minimum Gasteiger partial charge on any atom is -0.504 e. The summed E-state index contributed by atoms with van der Waals surface area (Å²) in [4.78, 5) is 11.0. The molecule has 0 saturated carbocycles. The van der Waals surface area contributed by atoms with E-state index in [-0.39, 0.29) is 12.4 Å². The van der Waals surface area contributed by atoms with Crippen LogP contribution in [0.4, 0.5) is 4.79 Å². The van der Waals surface area contributed by atoms with E-state index in [0.29, 0.717) is 22.4 Å². The normalized spacial score (nSPS) is 10.5. The fourth-order valence-electron chi connectivity index (χ4n) is 1.25. The maximum atomic E-state index is 11.0.